The van der Waals surface area contributed by atoms with Gasteiger partial charge in [-0.2, -0.15) is 0 Å². The highest BCUT2D eigenvalue weighted by Crippen LogP contribution is 2.65. The molecule has 138 valence electrons. The fraction of sp³-hybridized carbons (Fsp3) is 0.760. The molecule has 0 aromatic heterocycles. The monoisotopic (exact) mass is 338 g/mol. The Morgan fingerprint density at radius 2 is 1.84 bits per heavy atom. The lowest BCUT2D eigenvalue weighted by atomic mass is 9.47. The van der Waals surface area contributed by atoms with Crippen LogP contribution >= 0.6 is 0 Å². The van der Waals surface area contributed by atoms with Crippen LogP contribution in [0.2, 0.25) is 0 Å². The molecule has 0 saturated heterocycles. The molecule has 25 heavy (non-hydrogen) atoms. The Morgan fingerprint density at radius 1 is 1.08 bits per heavy atom. The summed E-state index contributed by atoms with van der Waals surface area (Å²) in [5.41, 5.74) is 6.07. The van der Waals surface area contributed by atoms with E-state index in [9.17, 15) is 0 Å². The van der Waals surface area contributed by atoms with Crippen LogP contribution in [0.15, 0.2) is 34.9 Å². The lowest BCUT2D eigenvalue weighted by Gasteiger charge is -2.58. The third kappa shape index (κ3) is 2.54. The lowest BCUT2D eigenvalue weighted by molar-refractivity contribution is -0.0196. The number of allylic oxidation sites excluding steroid dienone is 6. The highest BCUT2D eigenvalue weighted by atomic mass is 14.6. The predicted molar refractivity (Wildman–Crippen MR) is 108 cm³/mol. The molecule has 6 atom stereocenters. The molecule has 4 aliphatic rings. The van der Waals surface area contributed by atoms with Gasteiger partial charge in [0, 0.05) is 0 Å². The minimum absolute atomic E-state index is 0.445. The summed E-state index contributed by atoms with van der Waals surface area (Å²) in [7, 11) is 0. The fourth-order valence-electron chi connectivity index (χ4n) is 7.44. The second-order valence-corrected chi connectivity index (χ2v) is 10.2. The fourth-order valence-corrected chi connectivity index (χ4v) is 7.44. The summed E-state index contributed by atoms with van der Waals surface area (Å²) in [5, 5.41) is 0. The summed E-state index contributed by atoms with van der Waals surface area (Å²) in [6.45, 7) is 12.3. The zero-order chi connectivity index (χ0) is 17.8. The smallest absolute Gasteiger partial charge is 0.00418 e. The van der Waals surface area contributed by atoms with E-state index >= 15 is 0 Å². The molecule has 0 bridgehead atoms. The van der Waals surface area contributed by atoms with Crippen molar-refractivity contribution in [1.82, 2.24) is 0 Å². The van der Waals surface area contributed by atoms with Crippen molar-refractivity contribution in [3.63, 3.8) is 0 Å². The van der Waals surface area contributed by atoms with Crippen molar-refractivity contribution in [2.45, 2.75) is 86.0 Å². The molecule has 2 fully saturated rings. The molecule has 0 aromatic rings. The largest absolute Gasteiger partial charge is 0.0845 e. The van der Waals surface area contributed by atoms with E-state index < -0.39 is 0 Å². The summed E-state index contributed by atoms with van der Waals surface area (Å²) in [6.07, 6.45) is 18.8. The maximum atomic E-state index is 2.70. The van der Waals surface area contributed by atoms with Crippen molar-refractivity contribution >= 4 is 0 Å². The van der Waals surface area contributed by atoms with Crippen LogP contribution in [0.25, 0.3) is 0 Å². The summed E-state index contributed by atoms with van der Waals surface area (Å²) < 4.78 is 0. The zero-order valence-corrected chi connectivity index (χ0v) is 17.2. The Labute approximate surface area is 155 Å². The number of hydrogen-bond donors (Lipinski definition) is 0. The van der Waals surface area contributed by atoms with E-state index in [1.165, 1.54) is 51.4 Å². The topological polar surface area (TPSA) is 0 Å². The van der Waals surface area contributed by atoms with E-state index in [1.807, 2.05) is 5.57 Å². The average Bonchev–Trinajstić information content (AvgIpc) is 2.93. The summed E-state index contributed by atoms with van der Waals surface area (Å²) >= 11 is 0. The molecule has 4 rings (SSSR count). The second kappa shape index (κ2) is 6.14. The lowest BCUT2D eigenvalue weighted by Crippen LogP contribution is -2.49. The van der Waals surface area contributed by atoms with Gasteiger partial charge in [-0.25, -0.2) is 0 Å². The Bertz CT molecular complexity index is 632. The molecule has 2 saturated carbocycles. The first-order chi connectivity index (χ1) is 11.9. The van der Waals surface area contributed by atoms with Crippen LogP contribution in [0.5, 0.6) is 0 Å². The van der Waals surface area contributed by atoms with Gasteiger partial charge >= 0.3 is 0 Å². The van der Waals surface area contributed by atoms with E-state index in [4.69, 9.17) is 0 Å². The van der Waals surface area contributed by atoms with Crippen LogP contribution in [0.3, 0.4) is 0 Å². The van der Waals surface area contributed by atoms with E-state index in [-0.39, 0.29) is 0 Å². The molecule has 0 aliphatic heterocycles. The predicted octanol–water partition coefficient (Wildman–Crippen LogP) is 7.48. The molecule has 0 heteroatoms. The van der Waals surface area contributed by atoms with Crippen molar-refractivity contribution in [3.05, 3.63) is 34.9 Å². The Morgan fingerprint density at radius 3 is 2.60 bits per heavy atom. The van der Waals surface area contributed by atoms with Crippen molar-refractivity contribution in [1.29, 1.82) is 0 Å². The Kier molecular flexibility index (Phi) is 4.33. The zero-order valence-electron chi connectivity index (χ0n) is 17.2. The van der Waals surface area contributed by atoms with Gasteiger partial charge in [-0.05, 0) is 98.4 Å². The normalized spacial score (nSPS) is 46.7. The Balaban J connectivity index is 1.64. The van der Waals surface area contributed by atoms with Crippen molar-refractivity contribution < 1.29 is 0 Å². The minimum Gasteiger partial charge on any atom is -0.0845 e. The first-order valence-electron chi connectivity index (χ1n) is 11.0. The molecular weight excluding hydrogens is 300 g/mol. The van der Waals surface area contributed by atoms with Gasteiger partial charge in [0.25, 0.3) is 0 Å². The molecule has 0 amide bonds. The number of fused-ring (bicyclic) bond motifs is 5. The second-order valence-electron chi connectivity index (χ2n) is 10.2. The number of hydrogen-bond acceptors (Lipinski definition) is 0. The van der Waals surface area contributed by atoms with Crippen LogP contribution < -0.4 is 0 Å². The van der Waals surface area contributed by atoms with Crippen molar-refractivity contribution in [2.75, 3.05) is 0 Å². The van der Waals surface area contributed by atoms with Gasteiger partial charge in [0.2, 0.25) is 0 Å². The van der Waals surface area contributed by atoms with Crippen molar-refractivity contribution in [3.8, 4) is 0 Å². The molecule has 5 unspecified atom stereocenters. The molecule has 0 spiro atoms. The maximum absolute atomic E-state index is 2.70. The molecule has 0 radical (unpaired) electrons. The number of rotatable bonds is 2. The third-order valence-corrected chi connectivity index (χ3v) is 8.87. The average molecular weight is 339 g/mol. The van der Waals surface area contributed by atoms with Crippen LogP contribution in [0.4, 0.5) is 0 Å². The quantitative estimate of drug-likeness (QED) is 0.458. The first-order valence-corrected chi connectivity index (χ1v) is 11.0. The highest BCUT2D eigenvalue weighted by Gasteiger charge is 2.56. The first kappa shape index (κ1) is 17.6. The summed E-state index contributed by atoms with van der Waals surface area (Å²) in [4.78, 5) is 0. The van der Waals surface area contributed by atoms with Gasteiger partial charge in [0.15, 0.2) is 0 Å². The van der Waals surface area contributed by atoms with Gasteiger partial charge < -0.3 is 0 Å². The standard InChI is InChI=1S/C25H38/c1-6-7-18(3)21-10-11-22-20-9-8-19-16-17(2)12-14-24(19,4)23(20)13-15-25(21,22)5/h7-8,10,17,20,22-23H,6,9,11-16H2,1-5H3/b18-7+/t17-,20?,22?,23?,24?,25?/m0/s1. The molecule has 0 aromatic carbocycles. The van der Waals surface area contributed by atoms with Gasteiger partial charge in [0.1, 0.15) is 0 Å². The van der Waals surface area contributed by atoms with Gasteiger partial charge in [-0.3, -0.25) is 0 Å². The summed E-state index contributed by atoms with van der Waals surface area (Å²) in [5.74, 6) is 3.66. The van der Waals surface area contributed by atoms with E-state index in [2.05, 4.69) is 52.8 Å². The molecular formula is C25H38. The van der Waals surface area contributed by atoms with E-state index in [0.717, 1.165) is 23.7 Å². The van der Waals surface area contributed by atoms with E-state index in [0.29, 0.717) is 10.8 Å². The molecule has 0 heterocycles. The van der Waals surface area contributed by atoms with Crippen molar-refractivity contribution in [2.24, 2.45) is 34.5 Å². The molecule has 4 aliphatic carbocycles. The van der Waals surface area contributed by atoms with Gasteiger partial charge in [-0.15, -0.1) is 0 Å². The SMILES string of the molecule is CC/C=C(\C)C1=CCC2C3CC=C4C[C@@H](C)CCC4(C)C3CCC12C. The molecule has 0 N–H and O–H groups in total. The maximum Gasteiger partial charge on any atom is -0.00418 e. The molecule has 0 nitrogen and oxygen atoms in total. The van der Waals surface area contributed by atoms with Gasteiger partial charge in [0.05, 0.1) is 0 Å². The Hall–Kier alpha value is -0.780. The van der Waals surface area contributed by atoms with Crippen LogP contribution in [-0.4, -0.2) is 0 Å². The van der Waals surface area contributed by atoms with Crippen LogP contribution in [0, 0.1) is 34.5 Å². The van der Waals surface area contributed by atoms with Crippen LogP contribution in [0.1, 0.15) is 86.0 Å². The minimum atomic E-state index is 0.445. The highest BCUT2D eigenvalue weighted by molar-refractivity contribution is 5.41. The third-order valence-electron chi connectivity index (χ3n) is 8.87. The van der Waals surface area contributed by atoms with Crippen LogP contribution in [-0.2, 0) is 0 Å². The van der Waals surface area contributed by atoms with Gasteiger partial charge in [-0.1, -0.05) is 57.1 Å². The van der Waals surface area contributed by atoms with E-state index in [1.54, 1.807) is 11.1 Å². The summed E-state index contributed by atoms with van der Waals surface area (Å²) in [6, 6.07) is 0.